The van der Waals surface area contributed by atoms with Gasteiger partial charge in [-0.15, -0.1) is 11.8 Å². The number of aromatic nitrogens is 1. The number of carbonyl (C=O) groups is 1. The molecule has 98 valence electrons. The number of anilines is 1. The number of hydrogen-bond acceptors (Lipinski definition) is 3. The standard InChI is InChI=1S/C14H13ClN2OS/c1-10-2-7-13(16-8-10)17-14(18)9-19-12-5-3-11(15)4-6-12/h2-8H,9H2,1H3,(H,16,17,18). The van der Waals surface area contributed by atoms with Crippen LogP contribution in [0.5, 0.6) is 0 Å². The van der Waals surface area contributed by atoms with Crippen LogP contribution in [-0.2, 0) is 4.79 Å². The third-order valence-corrected chi connectivity index (χ3v) is 3.63. The molecule has 0 aliphatic heterocycles. The maximum atomic E-state index is 11.7. The van der Waals surface area contributed by atoms with Gasteiger partial charge in [-0.25, -0.2) is 4.98 Å². The first kappa shape index (κ1) is 13.9. The molecule has 2 aromatic rings. The molecule has 0 atom stereocenters. The van der Waals surface area contributed by atoms with Crippen LogP contribution >= 0.6 is 23.4 Å². The van der Waals surface area contributed by atoms with Crippen LogP contribution in [0, 0.1) is 6.92 Å². The lowest BCUT2D eigenvalue weighted by atomic mass is 10.3. The SMILES string of the molecule is Cc1ccc(NC(=O)CSc2ccc(Cl)cc2)nc1. The van der Waals surface area contributed by atoms with Crippen molar-refractivity contribution in [2.75, 3.05) is 11.1 Å². The monoisotopic (exact) mass is 292 g/mol. The van der Waals surface area contributed by atoms with Gasteiger partial charge in [-0.2, -0.15) is 0 Å². The van der Waals surface area contributed by atoms with Crippen molar-refractivity contribution in [2.24, 2.45) is 0 Å². The van der Waals surface area contributed by atoms with Crippen molar-refractivity contribution in [2.45, 2.75) is 11.8 Å². The average Bonchev–Trinajstić information content (AvgIpc) is 2.41. The Balaban J connectivity index is 1.84. The van der Waals surface area contributed by atoms with E-state index < -0.39 is 0 Å². The van der Waals surface area contributed by atoms with Crippen LogP contribution in [0.25, 0.3) is 0 Å². The van der Waals surface area contributed by atoms with Crippen LogP contribution in [0.15, 0.2) is 47.5 Å². The van der Waals surface area contributed by atoms with Crippen molar-refractivity contribution in [3.63, 3.8) is 0 Å². The fourth-order valence-electron chi connectivity index (χ4n) is 1.40. The Morgan fingerprint density at radius 3 is 2.63 bits per heavy atom. The highest BCUT2D eigenvalue weighted by Gasteiger charge is 2.04. The van der Waals surface area contributed by atoms with Crippen LogP contribution in [0.2, 0.25) is 5.02 Å². The molecule has 0 unspecified atom stereocenters. The van der Waals surface area contributed by atoms with Crippen molar-refractivity contribution in [3.05, 3.63) is 53.2 Å². The lowest BCUT2D eigenvalue weighted by Crippen LogP contribution is -2.14. The number of amides is 1. The first-order valence-corrected chi connectivity index (χ1v) is 7.11. The van der Waals surface area contributed by atoms with E-state index in [9.17, 15) is 4.79 Å². The third-order valence-electron chi connectivity index (χ3n) is 2.36. The van der Waals surface area contributed by atoms with E-state index in [1.807, 2.05) is 37.3 Å². The number of nitrogens with one attached hydrogen (secondary N) is 1. The molecule has 1 aromatic heterocycles. The van der Waals surface area contributed by atoms with Gasteiger partial charge in [0.15, 0.2) is 0 Å². The Bertz CT molecular complexity index is 555. The predicted octanol–water partition coefficient (Wildman–Crippen LogP) is 3.77. The van der Waals surface area contributed by atoms with Gasteiger partial charge in [-0.3, -0.25) is 4.79 Å². The molecule has 0 saturated carbocycles. The Hall–Kier alpha value is -1.52. The van der Waals surface area contributed by atoms with Crippen LogP contribution in [0.3, 0.4) is 0 Å². The molecular formula is C14H13ClN2OS. The lowest BCUT2D eigenvalue weighted by Gasteiger charge is -2.04. The molecule has 1 heterocycles. The molecule has 0 bridgehead atoms. The molecular weight excluding hydrogens is 280 g/mol. The van der Waals surface area contributed by atoms with Crippen LogP contribution < -0.4 is 5.32 Å². The molecule has 1 N–H and O–H groups in total. The molecule has 5 heteroatoms. The molecule has 19 heavy (non-hydrogen) atoms. The zero-order valence-corrected chi connectivity index (χ0v) is 12.0. The van der Waals surface area contributed by atoms with E-state index in [0.717, 1.165) is 10.5 Å². The maximum Gasteiger partial charge on any atom is 0.235 e. The Kier molecular flexibility index (Phi) is 4.82. The number of hydrogen-bond donors (Lipinski definition) is 1. The first-order valence-electron chi connectivity index (χ1n) is 5.74. The highest BCUT2D eigenvalue weighted by molar-refractivity contribution is 8.00. The van der Waals surface area contributed by atoms with Crippen LogP contribution in [0.4, 0.5) is 5.82 Å². The molecule has 2 rings (SSSR count). The molecule has 1 amide bonds. The highest BCUT2D eigenvalue weighted by Crippen LogP contribution is 2.20. The number of halogens is 1. The number of benzene rings is 1. The number of rotatable bonds is 4. The smallest absolute Gasteiger partial charge is 0.235 e. The van der Waals surface area contributed by atoms with Gasteiger partial charge in [-0.1, -0.05) is 17.7 Å². The molecule has 0 radical (unpaired) electrons. The summed E-state index contributed by atoms with van der Waals surface area (Å²) in [6, 6.07) is 11.1. The summed E-state index contributed by atoms with van der Waals surface area (Å²) in [6.07, 6.45) is 1.72. The Morgan fingerprint density at radius 2 is 2.00 bits per heavy atom. The molecule has 0 saturated heterocycles. The second-order valence-electron chi connectivity index (χ2n) is 4.01. The summed E-state index contributed by atoms with van der Waals surface area (Å²) in [5.41, 5.74) is 1.06. The highest BCUT2D eigenvalue weighted by atomic mass is 35.5. The minimum Gasteiger partial charge on any atom is -0.310 e. The Labute approximate surface area is 121 Å². The zero-order chi connectivity index (χ0) is 13.7. The number of thioether (sulfide) groups is 1. The third kappa shape index (κ3) is 4.58. The fourth-order valence-corrected chi connectivity index (χ4v) is 2.22. The summed E-state index contributed by atoms with van der Waals surface area (Å²) >= 11 is 7.26. The normalized spacial score (nSPS) is 10.2. The van der Waals surface area contributed by atoms with Crippen LogP contribution in [-0.4, -0.2) is 16.6 Å². The van der Waals surface area contributed by atoms with Crippen molar-refractivity contribution in [3.8, 4) is 0 Å². The second-order valence-corrected chi connectivity index (χ2v) is 5.50. The van der Waals surface area contributed by atoms with E-state index in [1.54, 1.807) is 12.3 Å². The van der Waals surface area contributed by atoms with E-state index >= 15 is 0 Å². The second kappa shape index (κ2) is 6.59. The summed E-state index contributed by atoms with van der Waals surface area (Å²) in [5, 5.41) is 3.45. The van der Waals surface area contributed by atoms with Gasteiger partial charge >= 0.3 is 0 Å². The molecule has 0 aliphatic rings. The summed E-state index contributed by atoms with van der Waals surface area (Å²) in [7, 11) is 0. The predicted molar refractivity (Wildman–Crippen MR) is 79.8 cm³/mol. The molecule has 0 spiro atoms. The van der Waals surface area contributed by atoms with Gasteiger partial charge in [0.2, 0.25) is 5.91 Å². The molecule has 0 aliphatic carbocycles. The zero-order valence-electron chi connectivity index (χ0n) is 10.4. The summed E-state index contributed by atoms with van der Waals surface area (Å²) in [4.78, 5) is 16.9. The van der Waals surface area contributed by atoms with Crippen LogP contribution in [0.1, 0.15) is 5.56 Å². The van der Waals surface area contributed by atoms with E-state index in [1.165, 1.54) is 11.8 Å². The number of carbonyl (C=O) groups excluding carboxylic acids is 1. The fraction of sp³-hybridized carbons (Fsp3) is 0.143. The van der Waals surface area contributed by atoms with Crippen molar-refractivity contribution < 1.29 is 4.79 Å². The number of nitrogens with zero attached hydrogens (tertiary/aromatic N) is 1. The Morgan fingerprint density at radius 1 is 1.26 bits per heavy atom. The average molecular weight is 293 g/mol. The van der Waals surface area contributed by atoms with Gasteiger partial charge in [0, 0.05) is 16.1 Å². The van der Waals surface area contributed by atoms with Gasteiger partial charge in [0.05, 0.1) is 5.75 Å². The van der Waals surface area contributed by atoms with E-state index in [-0.39, 0.29) is 5.91 Å². The minimum atomic E-state index is -0.0729. The van der Waals surface area contributed by atoms with Gasteiger partial charge < -0.3 is 5.32 Å². The molecule has 0 fully saturated rings. The lowest BCUT2D eigenvalue weighted by molar-refractivity contribution is -0.113. The quantitative estimate of drug-likeness (QED) is 0.872. The minimum absolute atomic E-state index is 0.0729. The number of aryl methyl sites for hydroxylation is 1. The summed E-state index contributed by atoms with van der Waals surface area (Å²) in [6.45, 7) is 1.95. The maximum absolute atomic E-state index is 11.7. The first-order chi connectivity index (χ1) is 9.13. The van der Waals surface area contributed by atoms with E-state index in [0.29, 0.717) is 16.6 Å². The van der Waals surface area contributed by atoms with Gasteiger partial charge in [0.1, 0.15) is 5.82 Å². The largest absolute Gasteiger partial charge is 0.310 e. The molecule has 3 nitrogen and oxygen atoms in total. The van der Waals surface area contributed by atoms with Gasteiger partial charge in [-0.05, 0) is 42.8 Å². The van der Waals surface area contributed by atoms with Crippen molar-refractivity contribution in [1.29, 1.82) is 0 Å². The topological polar surface area (TPSA) is 42.0 Å². The van der Waals surface area contributed by atoms with E-state index in [4.69, 9.17) is 11.6 Å². The van der Waals surface area contributed by atoms with E-state index in [2.05, 4.69) is 10.3 Å². The number of pyridine rings is 1. The summed E-state index contributed by atoms with van der Waals surface area (Å²) in [5.74, 6) is 0.848. The van der Waals surface area contributed by atoms with Gasteiger partial charge in [0.25, 0.3) is 0 Å². The van der Waals surface area contributed by atoms with Crippen molar-refractivity contribution >= 4 is 35.1 Å². The molecule has 1 aromatic carbocycles. The van der Waals surface area contributed by atoms with Crippen molar-refractivity contribution in [1.82, 2.24) is 4.98 Å². The summed E-state index contributed by atoms with van der Waals surface area (Å²) < 4.78 is 0.